The Morgan fingerprint density at radius 3 is 3.00 bits per heavy atom. The van der Waals surface area contributed by atoms with Gasteiger partial charge in [-0.1, -0.05) is 0 Å². The van der Waals surface area contributed by atoms with Gasteiger partial charge in [0.05, 0.1) is 16.7 Å². The van der Waals surface area contributed by atoms with Crippen molar-refractivity contribution in [2.45, 2.75) is 38.8 Å². The van der Waals surface area contributed by atoms with Gasteiger partial charge in [-0.25, -0.2) is 4.98 Å². The summed E-state index contributed by atoms with van der Waals surface area (Å²) in [6.07, 6.45) is 4.34. The van der Waals surface area contributed by atoms with E-state index in [-0.39, 0.29) is 11.9 Å². The van der Waals surface area contributed by atoms with Gasteiger partial charge in [0.25, 0.3) is 5.91 Å². The lowest BCUT2D eigenvalue weighted by atomic mass is 10.2. The molecule has 2 aromatic heterocycles. The van der Waals surface area contributed by atoms with Gasteiger partial charge in [0.15, 0.2) is 0 Å². The summed E-state index contributed by atoms with van der Waals surface area (Å²) < 4.78 is 2.08. The highest BCUT2D eigenvalue weighted by atomic mass is 32.1. The zero-order chi connectivity index (χ0) is 13.4. The average Bonchev–Trinajstić information content (AvgIpc) is 2.94. The molecule has 0 aromatic carbocycles. The molecule has 100 valence electrons. The van der Waals surface area contributed by atoms with Crippen molar-refractivity contribution in [3.05, 3.63) is 40.1 Å². The molecule has 1 aliphatic rings. The topological polar surface area (TPSA) is 46.9 Å². The molecule has 1 aliphatic carbocycles. The van der Waals surface area contributed by atoms with Crippen LogP contribution in [0.2, 0.25) is 0 Å². The third-order valence-corrected chi connectivity index (χ3v) is 4.17. The smallest absolute Gasteiger partial charge is 0.268 e. The van der Waals surface area contributed by atoms with Gasteiger partial charge in [-0.15, -0.1) is 11.3 Å². The highest BCUT2D eigenvalue weighted by Crippen LogP contribution is 2.36. The van der Waals surface area contributed by atoms with Crippen molar-refractivity contribution >= 4 is 17.2 Å². The van der Waals surface area contributed by atoms with Gasteiger partial charge in [-0.3, -0.25) is 4.79 Å². The summed E-state index contributed by atoms with van der Waals surface area (Å²) in [4.78, 5) is 16.7. The molecule has 1 saturated carbocycles. The third kappa shape index (κ3) is 2.56. The average molecular weight is 275 g/mol. The van der Waals surface area contributed by atoms with Crippen LogP contribution in [-0.2, 0) is 0 Å². The van der Waals surface area contributed by atoms with Crippen LogP contribution in [0.4, 0.5) is 0 Å². The van der Waals surface area contributed by atoms with Crippen molar-refractivity contribution in [2.75, 3.05) is 0 Å². The fourth-order valence-electron chi connectivity index (χ4n) is 2.18. The number of nitrogens with one attached hydrogen (secondary N) is 1. The maximum absolute atomic E-state index is 12.3. The van der Waals surface area contributed by atoms with Crippen LogP contribution < -0.4 is 5.32 Å². The van der Waals surface area contributed by atoms with Crippen molar-refractivity contribution < 1.29 is 4.79 Å². The summed E-state index contributed by atoms with van der Waals surface area (Å²) in [7, 11) is 0. The SMILES string of the molecule is Cc1nc([C@H](C)NC(=O)c2cccn2C2CC2)cs1. The first-order valence-corrected chi connectivity index (χ1v) is 7.43. The van der Waals surface area contributed by atoms with Crippen molar-refractivity contribution in [3.8, 4) is 0 Å². The number of hydrogen-bond donors (Lipinski definition) is 1. The summed E-state index contributed by atoms with van der Waals surface area (Å²) >= 11 is 1.61. The molecular weight excluding hydrogens is 258 g/mol. The molecule has 1 amide bonds. The minimum absolute atomic E-state index is 0.0185. The van der Waals surface area contributed by atoms with Crippen molar-refractivity contribution in [1.82, 2.24) is 14.9 Å². The predicted octanol–water partition coefficient (Wildman–Crippen LogP) is 3.08. The molecule has 0 bridgehead atoms. The Bertz CT molecular complexity index is 597. The Hall–Kier alpha value is -1.62. The molecule has 0 radical (unpaired) electrons. The van der Waals surface area contributed by atoms with Crippen LogP contribution >= 0.6 is 11.3 Å². The van der Waals surface area contributed by atoms with E-state index in [1.807, 2.05) is 37.6 Å². The van der Waals surface area contributed by atoms with E-state index in [2.05, 4.69) is 14.9 Å². The second kappa shape index (κ2) is 4.81. The summed E-state index contributed by atoms with van der Waals surface area (Å²) in [6, 6.07) is 4.28. The van der Waals surface area contributed by atoms with Gasteiger partial charge in [0, 0.05) is 17.6 Å². The molecule has 0 unspecified atom stereocenters. The Morgan fingerprint density at radius 1 is 1.58 bits per heavy atom. The zero-order valence-corrected chi connectivity index (χ0v) is 11.9. The molecule has 2 heterocycles. The number of carbonyl (C=O) groups excluding carboxylic acids is 1. The largest absolute Gasteiger partial charge is 0.343 e. The summed E-state index contributed by atoms with van der Waals surface area (Å²) in [5.74, 6) is -0.0185. The van der Waals surface area contributed by atoms with Crippen LogP contribution in [0, 0.1) is 6.92 Å². The monoisotopic (exact) mass is 275 g/mol. The van der Waals surface area contributed by atoms with Crippen LogP contribution in [0.5, 0.6) is 0 Å². The lowest BCUT2D eigenvalue weighted by molar-refractivity contribution is 0.0929. The number of thiazole rings is 1. The Morgan fingerprint density at radius 2 is 2.37 bits per heavy atom. The van der Waals surface area contributed by atoms with Crippen LogP contribution in [0.1, 0.15) is 53.0 Å². The number of aromatic nitrogens is 2. The van der Waals surface area contributed by atoms with Crippen molar-refractivity contribution in [1.29, 1.82) is 0 Å². The number of nitrogens with zero attached hydrogens (tertiary/aromatic N) is 2. The highest BCUT2D eigenvalue weighted by molar-refractivity contribution is 7.09. The first kappa shape index (κ1) is 12.4. The van der Waals surface area contributed by atoms with Crippen molar-refractivity contribution in [3.63, 3.8) is 0 Å². The second-order valence-electron chi connectivity index (χ2n) is 5.02. The molecule has 1 atom stereocenters. The van der Waals surface area contributed by atoms with Gasteiger partial charge in [-0.05, 0) is 38.8 Å². The van der Waals surface area contributed by atoms with Crippen LogP contribution in [0.3, 0.4) is 0 Å². The van der Waals surface area contributed by atoms with Gasteiger partial charge in [0.1, 0.15) is 5.69 Å². The molecule has 0 aliphatic heterocycles. The van der Waals surface area contributed by atoms with E-state index in [0.29, 0.717) is 6.04 Å². The number of aryl methyl sites for hydroxylation is 1. The summed E-state index contributed by atoms with van der Waals surface area (Å²) in [6.45, 7) is 3.94. The van der Waals surface area contributed by atoms with Crippen molar-refractivity contribution in [2.24, 2.45) is 0 Å². The van der Waals surface area contributed by atoms with E-state index in [4.69, 9.17) is 0 Å². The lowest BCUT2D eigenvalue weighted by Gasteiger charge is -2.13. The molecule has 3 rings (SSSR count). The maximum atomic E-state index is 12.3. The minimum atomic E-state index is -0.0556. The predicted molar refractivity (Wildman–Crippen MR) is 75.4 cm³/mol. The summed E-state index contributed by atoms with van der Waals surface area (Å²) in [5.41, 5.74) is 1.68. The fourth-order valence-corrected chi connectivity index (χ4v) is 2.89. The molecule has 4 nitrogen and oxygen atoms in total. The molecule has 5 heteroatoms. The van der Waals surface area contributed by atoms with Gasteiger partial charge < -0.3 is 9.88 Å². The van der Waals surface area contributed by atoms with Gasteiger partial charge >= 0.3 is 0 Å². The van der Waals surface area contributed by atoms with E-state index in [1.54, 1.807) is 11.3 Å². The number of amides is 1. The van der Waals surface area contributed by atoms with E-state index >= 15 is 0 Å². The van der Waals surface area contributed by atoms with Crippen LogP contribution in [0.15, 0.2) is 23.7 Å². The molecule has 0 spiro atoms. The van der Waals surface area contributed by atoms with E-state index < -0.39 is 0 Å². The van der Waals surface area contributed by atoms with E-state index in [0.717, 1.165) is 16.4 Å². The second-order valence-corrected chi connectivity index (χ2v) is 6.08. The molecule has 2 aromatic rings. The van der Waals surface area contributed by atoms with Gasteiger partial charge in [0.2, 0.25) is 0 Å². The normalized spacial score (nSPS) is 16.3. The minimum Gasteiger partial charge on any atom is -0.343 e. The Labute approximate surface area is 116 Å². The standard InChI is InChI=1S/C14H17N3OS/c1-9(12-8-19-10(2)16-12)15-14(18)13-4-3-7-17(13)11-5-6-11/h3-4,7-9,11H,5-6H2,1-2H3,(H,15,18)/t9-/m0/s1. The third-order valence-electron chi connectivity index (χ3n) is 3.38. The molecule has 1 fully saturated rings. The number of hydrogen-bond acceptors (Lipinski definition) is 3. The first-order valence-electron chi connectivity index (χ1n) is 6.55. The molecule has 1 N–H and O–H groups in total. The van der Waals surface area contributed by atoms with E-state index in [1.165, 1.54) is 12.8 Å². The summed E-state index contributed by atoms with van der Waals surface area (Å²) in [5, 5.41) is 6.04. The molecule has 19 heavy (non-hydrogen) atoms. The van der Waals surface area contributed by atoms with E-state index in [9.17, 15) is 4.79 Å². The van der Waals surface area contributed by atoms with Crippen LogP contribution in [-0.4, -0.2) is 15.5 Å². The maximum Gasteiger partial charge on any atom is 0.268 e. The highest BCUT2D eigenvalue weighted by Gasteiger charge is 2.27. The Balaban J connectivity index is 1.72. The van der Waals surface area contributed by atoms with Gasteiger partial charge in [-0.2, -0.15) is 0 Å². The first-order chi connectivity index (χ1) is 9.15. The number of rotatable bonds is 4. The quantitative estimate of drug-likeness (QED) is 0.932. The number of carbonyl (C=O) groups is 1. The lowest BCUT2D eigenvalue weighted by Crippen LogP contribution is -2.28. The fraction of sp³-hybridized carbons (Fsp3) is 0.429. The molecule has 0 saturated heterocycles. The molecular formula is C14H17N3OS. The zero-order valence-electron chi connectivity index (χ0n) is 11.1. The van der Waals surface area contributed by atoms with Crippen LogP contribution in [0.25, 0.3) is 0 Å². The Kier molecular flexibility index (Phi) is 3.14.